The van der Waals surface area contributed by atoms with E-state index in [0.717, 1.165) is 0 Å². The predicted molar refractivity (Wildman–Crippen MR) is 76.7 cm³/mol. The van der Waals surface area contributed by atoms with Crippen molar-refractivity contribution in [2.75, 3.05) is 19.7 Å². The molecule has 7 heteroatoms. The fourth-order valence-corrected chi connectivity index (χ4v) is 2.48. The fraction of sp³-hybridized carbons (Fsp3) is 0.250. The number of carboxylic acid groups (broad SMARTS) is 1. The van der Waals surface area contributed by atoms with Gasteiger partial charge in [-0.15, -0.1) is 0 Å². The van der Waals surface area contributed by atoms with Crippen LogP contribution in [0, 0.1) is 5.82 Å². The summed E-state index contributed by atoms with van der Waals surface area (Å²) in [5.41, 5.74) is 0.385. The van der Waals surface area contributed by atoms with Crippen LogP contribution in [0.3, 0.4) is 0 Å². The summed E-state index contributed by atoms with van der Waals surface area (Å²) >= 11 is 0. The van der Waals surface area contributed by atoms with Crippen molar-refractivity contribution in [2.24, 2.45) is 0 Å². The van der Waals surface area contributed by atoms with Gasteiger partial charge in [0.15, 0.2) is 5.76 Å². The molecule has 120 valence electrons. The van der Waals surface area contributed by atoms with Gasteiger partial charge in [-0.05, 0) is 18.2 Å². The van der Waals surface area contributed by atoms with Crippen LogP contribution in [-0.4, -0.2) is 41.6 Å². The van der Waals surface area contributed by atoms with Crippen LogP contribution < -0.4 is 0 Å². The van der Waals surface area contributed by atoms with E-state index in [1.165, 1.54) is 23.1 Å². The number of morpholine rings is 1. The van der Waals surface area contributed by atoms with E-state index >= 15 is 0 Å². The van der Waals surface area contributed by atoms with Crippen LogP contribution in [0.25, 0.3) is 0 Å². The normalized spacial score (nSPS) is 18.0. The van der Waals surface area contributed by atoms with Crippen LogP contribution in [0.5, 0.6) is 0 Å². The monoisotopic (exact) mass is 319 g/mol. The molecule has 0 saturated carbocycles. The molecule has 2 aromatic rings. The number of carbonyl (C=O) groups is 2. The summed E-state index contributed by atoms with van der Waals surface area (Å²) in [5.74, 6) is -2.43. The van der Waals surface area contributed by atoms with Gasteiger partial charge in [0.1, 0.15) is 11.9 Å². The van der Waals surface area contributed by atoms with Crippen molar-refractivity contribution >= 4 is 11.9 Å². The van der Waals surface area contributed by atoms with E-state index in [-0.39, 0.29) is 24.7 Å². The van der Waals surface area contributed by atoms with Crippen LogP contribution in [0.1, 0.15) is 32.8 Å². The lowest BCUT2D eigenvalue weighted by Crippen LogP contribution is -2.42. The van der Waals surface area contributed by atoms with Crippen molar-refractivity contribution in [2.45, 2.75) is 6.10 Å². The molecule has 1 unspecified atom stereocenters. The SMILES string of the molecule is O=C(O)c1ccc(C(=O)N2CCOC(c3ccccc3F)C2)o1. The summed E-state index contributed by atoms with van der Waals surface area (Å²) in [6.45, 7) is 0.757. The number of nitrogens with zero attached hydrogens (tertiary/aromatic N) is 1. The number of hydrogen-bond acceptors (Lipinski definition) is 4. The molecule has 6 nitrogen and oxygen atoms in total. The zero-order valence-corrected chi connectivity index (χ0v) is 12.1. The third-order valence-electron chi connectivity index (χ3n) is 3.63. The first-order valence-corrected chi connectivity index (χ1v) is 7.04. The number of benzene rings is 1. The molecule has 0 aliphatic carbocycles. The maximum atomic E-state index is 13.9. The Kier molecular flexibility index (Phi) is 4.12. The Labute approximate surface area is 131 Å². The Morgan fingerprint density at radius 1 is 1.17 bits per heavy atom. The molecular weight excluding hydrogens is 305 g/mol. The number of hydrogen-bond donors (Lipinski definition) is 1. The van der Waals surface area contributed by atoms with E-state index in [2.05, 4.69) is 0 Å². The second-order valence-electron chi connectivity index (χ2n) is 5.10. The molecule has 1 aliphatic rings. The molecule has 1 amide bonds. The van der Waals surface area contributed by atoms with Crippen LogP contribution in [0.4, 0.5) is 4.39 Å². The number of aromatic carboxylic acids is 1. The number of amides is 1. The molecule has 1 aromatic carbocycles. The van der Waals surface area contributed by atoms with E-state index in [1.807, 2.05) is 0 Å². The van der Waals surface area contributed by atoms with Crippen LogP contribution >= 0.6 is 0 Å². The Hall–Kier alpha value is -2.67. The largest absolute Gasteiger partial charge is 0.475 e. The van der Waals surface area contributed by atoms with Gasteiger partial charge in [0, 0.05) is 12.1 Å². The molecule has 23 heavy (non-hydrogen) atoms. The molecule has 2 heterocycles. The van der Waals surface area contributed by atoms with Crippen molar-refractivity contribution in [3.05, 3.63) is 59.3 Å². The van der Waals surface area contributed by atoms with Crippen LogP contribution in [-0.2, 0) is 4.74 Å². The van der Waals surface area contributed by atoms with Crippen molar-refractivity contribution in [3.8, 4) is 0 Å². The van der Waals surface area contributed by atoms with Crippen LogP contribution in [0.2, 0.25) is 0 Å². The third kappa shape index (κ3) is 3.09. The molecule has 1 aromatic heterocycles. The van der Waals surface area contributed by atoms with E-state index in [4.69, 9.17) is 14.3 Å². The summed E-state index contributed by atoms with van der Waals surface area (Å²) in [6.07, 6.45) is -0.567. The Morgan fingerprint density at radius 3 is 2.61 bits per heavy atom. The molecule has 1 atom stereocenters. The van der Waals surface area contributed by atoms with E-state index in [1.54, 1.807) is 18.2 Å². The Bertz CT molecular complexity index is 742. The number of carbonyl (C=O) groups excluding carboxylic acids is 1. The fourth-order valence-electron chi connectivity index (χ4n) is 2.48. The molecular formula is C16H14FNO5. The van der Waals surface area contributed by atoms with Gasteiger partial charge in [0.25, 0.3) is 5.91 Å². The quantitative estimate of drug-likeness (QED) is 0.939. The highest BCUT2D eigenvalue weighted by Crippen LogP contribution is 2.25. The van der Waals surface area contributed by atoms with Gasteiger partial charge in [0.05, 0.1) is 13.2 Å². The van der Waals surface area contributed by atoms with Gasteiger partial charge in [0.2, 0.25) is 5.76 Å². The van der Waals surface area contributed by atoms with E-state index in [9.17, 15) is 14.0 Å². The maximum absolute atomic E-state index is 13.9. The summed E-state index contributed by atoms with van der Waals surface area (Å²) in [6, 6.07) is 8.79. The first kappa shape index (κ1) is 15.2. The highest BCUT2D eigenvalue weighted by atomic mass is 19.1. The Morgan fingerprint density at radius 2 is 1.91 bits per heavy atom. The number of halogens is 1. The van der Waals surface area contributed by atoms with Crippen molar-refractivity contribution in [1.29, 1.82) is 0 Å². The number of furan rings is 1. The average molecular weight is 319 g/mol. The average Bonchev–Trinajstić information content (AvgIpc) is 3.05. The molecule has 1 N–H and O–H groups in total. The van der Waals surface area contributed by atoms with E-state index in [0.29, 0.717) is 12.1 Å². The second kappa shape index (κ2) is 6.21. The van der Waals surface area contributed by atoms with Crippen molar-refractivity contribution < 1.29 is 28.2 Å². The summed E-state index contributed by atoms with van der Waals surface area (Å²) in [5, 5.41) is 8.83. The smallest absolute Gasteiger partial charge is 0.371 e. The third-order valence-corrected chi connectivity index (χ3v) is 3.63. The van der Waals surface area contributed by atoms with E-state index < -0.39 is 23.8 Å². The molecule has 3 rings (SSSR count). The van der Waals surface area contributed by atoms with Gasteiger partial charge in [-0.1, -0.05) is 18.2 Å². The molecule has 0 bridgehead atoms. The zero-order valence-electron chi connectivity index (χ0n) is 12.1. The lowest BCUT2D eigenvalue weighted by Gasteiger charge is -2.32. The summed E-state index contributed by atoms with van der Waals surface area (Å²) < 4.78 is 24.4. The molecule has 1 aliphatic heterocycles. The van der Waals surface area contributed by atoms with Gasteiger partial charge in [-0.3, -0.25) is 4.79 Å². The van der Waals surface area contributed by atoms with Crippen molar-refractivity contribution in [3.63, 3.8) is 0 Å². The maximum Gasteiger partial charge on any atom is 0.371 e. The first-order valence-electron chi connectivity index (χ1n) is 7.04. The minimum atomic E-state index is -1.24. The summed E-state index contributed by atoms with van der Waals surface area (Å²) in [4.78, 5) is 24.7. The van der Waals surface area contributed by atoms with Gasteiger partial charge < -0.3 is 19.2 Å². The Balaban J connectivity index is 1.76. The topological polar surface area (TPSA) is 80.0 Å². The number of carboxylic acids is 1. The zero-order chi connectivity index (χ0) is 16.4. The molecule has 0 spiro atoms. The lowest BCUT2D eigenvalue weighted by molar-refractivity contribution is -0.0252. The molecule has 1 fully saturated rings. The first-order chi connectivity index (χ1) is 11.1. The summed E-state index contributed by atoms with van der Waals surface area (Å²) in [7, 11) is 0. The number of rotatable bonds is 3. The molecule has 0 radical (unpaired) electrons. The highest BCUT2D eigenvalue weighted by molar-refractivity contribution is 5.93. The van der Waals surface area contributed by atoms with Gasteiger partial charge in [-0.25, -0.2) is 9.18 Å². The van der Waals surface area contributed by atoms with Crippen molar-refractivity contribution in [1.82, 2.24) is 4.90 Å². The van der Waals surface area contributed by atoms with Crippen LogP contribution in [0.15, 0.2) is 40.8 Å². The van der Waals surface area contributed by atoms with Gasteiger partial charge >= 0.3 is 5.97 Å². The standard InChI is InChI=1S/C16H14FNO5/c17-11-4-2-1-3-10(11)14-9-18(7-8-22-14)15(19)12-5-6-13(23-12)16(20)21/h1-6,14H,7-9H2,(H,20,21). The predicted octanol–water partition coefficient (Wildman–Crippen LogP) is 2.33. The van der Waals surface area contributed by atoms with Gasteiger partial charge in [-0.2, -0.15) is 0 Å². The minimum absolute atomic E-state index is 0.0587. The molecule has 1 saturated heterocycles. The second-order valence-corrected chi connectivity index (χ2v) is 5.10. The lowest BCUT2D eigenvalue weighted by atomic mass is 10.1. The minimum Gasteiger partial charge on any atom is -0.475 e. The highest BCUT2D eigenvalue weighted by Gasteiger charge is 2.29. The number of ether oxygens (including phenoxy) is 1.